The summed E-state index contributed by atoms with van der Waals surface area (Å²) in [6, 6.07) is 0.527. The van der Waals surface area contributed by atoms with Crippen molar-refractivity contribution in [1.82, 2.24) is 4.98 Å². The lowest BCUT2D eigenvalue weighted by atomic mass is 10.2. The van der Waals surface area contributed by atoms with Gasteiger partial charge in [-0.2, -0.15) is 0 Å². The SMILES string of the molecule is O=c1cc(C(F)F)c(O)c(O)[nH]1. The fourth-order valence-electron chi connectivity index (χ4n) is 0.725. The molecule has 6 heteroatoms. The lowest BCUT2D eigenvalue weighted by Gasteiger charge is -2.02. The summed E-state index contributed by atoms with van der Waals surface area (Å²) < 4.78 is 23.9. The van der Waals surface area contributed by atoms with Crippen LogP contribution < -0.4 is 5.56 Å². The molecular formula is C6H5F2NO3. The second kappa shape index (κ2) is 2.80. The minimum absolute atomic E-state index is 0.527. The smallest absolute Gasteiger partial charge is 0.267 e. The first-order valence-electron chi connectivity index (χ1n) is 2.95. The second-order valence-corrected chi connectivity index (χ2v) is 2.09. The van der Waals surface area contributed by atoms with Crippen LogP contribution in [0.1, 0.15) is 12.0 Å². The van der Waals surface area contributed by atoms with E-state index in [1.165, 1.54) is 0 Å². The topological polar surface area (TPSA) is 73.3 Å². The summed E-state index contributed by atoms with van der Waals surface area (Å²) >= 11 is 0. The lowest BCUT2D eigenvalue weighted by molar-refractivity contribution is 0.146. The van der Waals surface area contributed by atoms with E-state index in [0.717, 1.165) is 0 Å². The van der Waals surface area contributed by atoms with E-state index in [4.69, 9.17) is 10.2 Å². The number of aromatic hydroxyl groups is 2. The molecule has 1 aromatic heterocycles. The molecule has 0 unspecified atom stereocenters. The Kier molecular flexibility index (Phi) is 1.99. The van der Waals surface area contributed by atoms with Crippen molar-refractivity contribution < 1.29 is 19.0 Å². The lowest BCUT2D eigenvalue weighted by Crippen LogP contribution is -2.05. The summed E-state index contributed by atoms with van der Waals surface area (Å²) in [6.45, 7) is 0. The number of alkyl halides is 2. The number of hydrogen-bond acceptors (Lipinski definition) is 3. The number of halogens is 2. The summed E-state index contributed by atoms with van der Waals surface area (Å²) in [5.74, 6) is -1.94. The van der Waals surface area contributed by atoms with E-state index >= 15 is 0 Å². The third-order valence-corrected chi connectivity index (χ3v) is 1.26. The zero-order valence-corrected chi connectivity index (χ0v) is 5.71. The molecule has 3 N–H and O–H groups in total. The Labute approximate surface area is 65.1 Å². The van der Waals surface area contributed by atoms with E-state index in [0.29, 0.717) is 6.07 Å². The van der Waals surface area contributed by atoms with Crippen molar-refractivity contribution in [3.05, 3.63) is 22.0 Å². The van der Waals surface area contributed by atoms with Gasteiger partial charge in [-0.1, -0.05) is 0 Å². The normalized spacial score (nSPS) is 10.6. The highest BCUT2D eigenvalue weighted by Crippen LogP contribution is 2.31. The van der Waals surface area contributed by atoms with Crippen LogP contribution in [0.2, 0.25) is 0 Å². The van der Waals surface area contributed by atoms with Crippen LogP contribution in [0, 0.1) is 0 Å². The minimum atomic E-state index is -2.99. The third-order valence-electron chi connectivity index (χ3n) is 1.26. The Balaban J connectivity index is 3.38. The van der Waals surface area contributed by atoms with Crippen LogP contribution in [0.25, 0.3) is 0 Å². The Morgan fingerprint density at radius 2 is 2.00 bits per heavy atom. The Hall–Kier alpha value is -1.59. The molecular weight excluding hydrogens is 172 g/mol. The molecule has 0 aliphatic carbocycles. The number of hydrogen-bond donors (Lipinski definition) is 3. The maximum absolute atomic E-state index is 12.0. The molecule has 4 nitrogen and oxygen atoms in total. The predicted octanol–water partition coefficient (Wildman–Crippen LogP) is 0.724. The Bertz CT molecular complexity index is 347. The van der Waals surface area contributed by atoms with E-state index < -0.39 is 29.2 Å². The molecule has 0 saturated carbocycles. The van der Waals surface area contributed by atoms with Gasteiger partial charge in [-0.3, -0.25) is 9.78 Å². The molecule has 0 aliphatic heterocycles. The largest absolute Gasteiger partial charge is 0.503 e. The average molecular weight is 177 g/mol. The molecule has 0 bridgehead atoms. The van der Waals surface area contributed by atoms with Crippen LogP contribution in [-0.2, 0) is 0 Å². The molecule has 0 atom stereocenters. The molecule has 66 valence electrons. The fraction of sp³-hybridized carbons (Fsp3) is 0.167. The van der Waals surface area contributed by atoms with E-state index in [9.17, 15) is 13.6 Å². The van der Waals surface area contributed by atoms with Gasteiger partial charge in [-0.05, 0) is 0 Å². The van der Waals surface area contributed by atoms with E-state index in [2.05, 4.69) is 0 Å². The molecule has 1 heterocycles. The van der Waals surface area contributed by atoms with E-state index in [1.54, 1.807) is 4.98 Å². The monoisotopic (exact) mass is 177 g/mol. The van der Waals surface area contributed by atoms with Gasteiger partial charge in [0.15, 0.2) is 5.75 Å². The van der Waals surface area contributed by atoms with Crippen molar-refractivity contribution in [3.63, 3.8) is 0 Å². The van der Waals surface area contributed by atoms with Crippen LogP contribution in [-0.4, -0.2) is 15.2 Å². The maximum atomic E-state index is 12.0. The van der Waals surface area contributed by atoms with Crippen molar-refractivity contribution in [2.24, 2.45) is 0 Å². The van der Waals surface area contributed by atoms with Gasteiger partial charge < -0.3 is 10.2 Å². The number of pyridine rings is 1. The zero-order valence-electron chi connectivity index (χ0n) is 5.71. The highest BCUT2D eigenvalue weighted by molar-refractivity contribution is 5.39. The van der Waals surface area contributed by atoms with Gasteiger partial charge in [-0.15, -0.1) is 0 Å². The number of aromatic amines is 1. The summed E-state index contributed by atoms with van der Waals surface area (Å²) in [7, 11) is 0. The summed E-state index contributed by atoms with van der Waals surface area (Å²) in [5.41, 5.74) is -1.77. The van der Waals surface area contributed by atoms with Crippen LogP contribution in [0.4, 0.5) is 8.78 Å². The summed E-state index contributed by atoms with van der Waals surface area (Å²) in [4.78, 5) is 12.3. The van der Waals surface area contributed by atoms with Crippen LogP contribution in [0.5, 0.6) is 11.6 Å². The summed E-state index contributed by atoms with van der Waals surface area (Å²) in [6.07, 6.45) is -2.99. The zero-order chi connectivity index (χ0) is 9.30. The first kappa shape index (κ1) is 8.51. The van der Waals surface area contributed by atoms with Gasteiger partial charge in [0.1, 0.15) is 0 Å². The van der Waals surface area contributed by atoms with Gasteiger partial charge in [0, 0.05) is 6.07 Å². The van der Waals surface area contributed by atoms with Gasteiger partial charge >= 0.3 is 0 Å². The predicted molar refractivity (Wildman–Crippen MR) is 35.3 cm³/mol. The number of aromatic nitrogens is 1. The quantitative estimate of drug-likeness (QED) is 0.591. The van der Waals surface area contributed by atoms with Crippen molar-refractivity contribution in [1.29, 1.82) is 0 Å². The molecule has 0 spiro atoms. The molecule has 0 amide bonds. The van der Waals surface area contributed by atoms with Crippen molar-refractivity contribution in [2.75, 3.05) is 0 Å². The van der Waals surface area contributed by atoms with Crippen LogP contribution >= 0.6 is 0 Å². The average Bonchev–Trinajstić information content (AvgIpc) is 1.96. The van der Waals surface area contributed by atoms with E-state index in [1.807, 2.05) is 0 Å². The van der Waals surface area contributed by atoms with Crippen LogP contribution in [0.3, 0.4) is 0 Å². The standard InChI is InChI=1S/C6H5F2NO3/c7-5(8)2-1-3(10)9-6(12)4(2)11/h1,5,11H,(H2,9,10,12). The van der Waals surface area contributed by atoms with Crippen LogP contribution in [0.15, 0.2) is 10.9 Å². The molecule has 0 saturated heterocycles. The molecule has 1 rings (SSSR count). The molecule has 0 radical (unpaired) electrons. The third kappa shape index (κ3) is 1.36. The number of rotatable bonds is 1. The van der Waals surface area contributed by atoms with Crippen molar-refractivity contribution in [3.8, 4) is 11.6 Å². The molecule has 12 heavy (non-hydrogen) atoms. The molecule has 0 aromatic carbocycles. The van der Waals surface area contributed by atoms with Gasteiger partial charge in [-0.25, -0.2) is 8.78 Å². The molecule has 0 aliphatic rings. The first-order chi connectivity index (χ1) is 5.52. The fourth-order valence-corrected chi connectivity index (χ4v) is 0.725. The van der Waals surface area contributed by atoms with Gasteiger partial charge in [0.25, 0.3) is 12.0 Å². The Morgan fingerprint density at radius 3 is 2.50 bits per heavy atom. The number of H-pyrrole nitrogens is 1. The van der Waals surface area contributed by atoms with Gasteiger partial charge in [0.05, 0.1) is 5.56 Å². The van der Waals surface area contributed by atoms with Crippen molar-refractivity contribution in [2.45, 2.75) is 6.43 Å². The maximum Gasteiger partial charge on any atom is 0.267 e. The summed E-state index contributed by atoms with van der Waals surface area (Å²) in [5, 5.41) is 17.5. The second-order valence-electron chi connectivity index (χ2n) is 2.09. The van der Waals surface area contributed by atoms with E-state index in [-0.39, 0.29) is 0 Å². The molecule has 1 aromatic rings. The Morgan fingerprint density at radius 1 is 1.42 bits per heavy atom. The molecule has 0 fully saturated rings. The number of nitrogens with one attached hydrogen (secondary N) is 1. The highest BCUT2D eigenvalue weighted by atomic mass is 19.3. The first-order valence-corrected chi connectivity index (χ1v) is 2.95. The highest BCUT2D eigenvalue weighted by Gasteiger charge is 2.16. The van der Waals surface area contributed by atoms with Crippen molar-refractivity contribution >= 4 is 0 Å². The van der Waals surface area contributed by atoms with Gasteiger partial charge in [0.2, 0.25) is 5.88 Å². The minimum Gasteiger partial charge on any atom is -0.503 e.